The summed E-state index contributed by atoms with van der Waals surface area (Å²) in [4.78, 5) is 0. The first kappa shape index (κ1) is 24.5. The first-order valence-electron chi connectivity index (χ1n) is 9.63. The number of hydrogen-bond donors (Lipinski definition) is 0. The smallest absolute Gasteiger partial charge is 0.0488 e. The van der Waals surface area contributed by atoms with E-state index in [0.717, 1.165) is 0 Å². The fraction of sp³-hybridized carbons (Fsp3) is 0.478. The molecule has 0 aliphatic heterocycles. The Bertz CT molecular complexity index is 579. The normalized spacial score (nSPS) is 8.54. The highest BCUT2D eigenvalue weighted by Crippen LogP contribution is 2.26. The van der Waals surface area contributed by atoms with Gasteiger partial charge in [-0.3, -0.25) is 0 Å². The summed E-state index contributed by atoms with van der Waals surface area (Å²) < 4.78 is 2.24. The van der Waals surface area contributed by atoms with Gasteiger partial charge in [-0.05, 0) is 12.1 Å². The maximum Gasteiger partial charge on any atom is 0.0488 e. The van der Waals surface area contributed by atoms with Gasteiger partial charge in [-0.15, -0.1) is 0 Å². The van der Waals surface area contributed by atoms with Gasteiger partial charge in [-0.1, -0.05) is 105 Å². The molecule has 136 valence electrons. The Morgan fingerprint density at radius 1 is 0.583 bits per heavy atom. The Morgan fingerprint density at radius 2 is 0.833 bits per heavy atom. The van der Waals surface area contributed by atoms with Gasteiger partial charge in [-0.2, -0.15) is 0 Å². The molecule has 0 saturated heterocycles. The molecule has 1 nitrogen and oxygen atoms in total. The number of hydrogen-bond acceptors (Lipinski definition) is 0. The topological polar surface area (TPSA) is 4.93 Å². The van der Waals surface area contributed by atoms with Crippen molar-refractivity contribution in [3.63, 3.8) is 0 Å². The molecule has 0 unspecified atom stereocenters. The van der Waals surface area contributed by atoms with Crippen molar-refractivity contribution in [2.24, 2.45) is 7.05 Å². The second-order valence-corrected chi connectivity index (χ2v) is 5.01. The van der Waals surface area contributed by atoms with Crippen molar-refractivity contribution in [2.75, 3.05) is 0 Å². The highest BCUT2D eigenvalue weighted by Gasteiger charge is 2.04. The first-order valence-corrected chi connectivity index (χ1v) is 9.63. The minimum Gasteiger partial charge on any atom is -0.344 e. The van der Waals surface area contributed by atoms with Crippen LogP contribution in [0.5, 0.6) is 0 Å². The van der Waals surface area contributed by atoms with Gasteiger partial charge in [0.1, 0.15) is 0 Å². The molecule has 3 aromatic rings. The standard InChI is InChI=1S/C13H11N.2C3H8.2C2H6/c1-14-12-8-4-2-6-10(12)11-7-3-5-9-13(11)14;2*1-3-2;2*1-2/h2-9H,1H3;2*3H2,1-2H3;2*1-2H3. The Morgan fingerprint density at radius 3 is 1.12 bits per heavy atom. The molecule has 1 heteroatoms. The molecule has 0 spiro atoms. The van der Waals surface area contributed by atoms with Gasteiger partial charge < -0.3 is 4.57 Å². The van der Waals surface area contributed by atoms with Crippen LogP contribution in [0.2, 0.25) is 0 Å². The van der Waals surface area contributed by atoms with Crippen LogP contribution in [0.25, 0.3) is 21.8 Å². The third-order valence-electron chi connectivity index (χ3n) is 2.82. The number of benzene rings is 2. The lowest BCUT2D eigenvalue weighted by Gasteiger charge is -1.95. The molecule has 0 radical (unpaired) electrons. The predicted octanol–water partition coefficient (Wildman–Crippen LogP) is 8.22. The SMILES string of the molecule is CC.CC.CCC.CCC.Cn1c2ccccc2c2ccccc21. The second kappa shape index (κ2) is 16.1. The summed E-state index contributed by atoms with van der Waals surface area (Å²) in [5.74, 6) is 0. The Labute approximate surface area is 150 Å². The summed E-state index contributed by atoms with van der Waals surface area (Å²) in [6.45, 7) is 16.5. The van der Waals surface area contributed by atoms with Crippen molar-refractivity contribution in [3.8, 4) is 0 Å². The third-order valence-corrected chi connectivity index (χ3v) is 2.82. The van der Waals surface area contributed by atoms with Crippen molar-refractivity contribution in [1.29, 1.82) is 0 Å². The largest absolute Gasteiger partial charge is 0.344 e. The highest BCUT2D eigenvalue weighted by molar-refractivity contribution is 6.07. The van der Waals surface area contributed by atoms with Gasteiger partial charge in [0.2, 0.25) is 0 Å². The van der Waals surface area contributed by atoms with Gasteiger partial charge in [0.15, 0.2) is 0 Å². The number of rotatable bonds is 0. The number of fused-ring (bicyclic) bond motifs is 3. The quantitative estimate of drug-likeness (QED) is 0.391. The minimum absolute atomic E-state index is 1.25. The highest BCUT2D eigenvalue weighted by atomic mass is 14.9. The fourth-order valence-corrected chi connectivity index (χ4v) is 2.12. The third kappa shape index (κ3) is 7.21. The van der Waals surface area contributed by atoms with E-state index in [0.29, 0.717) is 0 Å². The second-order valence-electron chi connectivity index (χ2n) is 5.01. The van der Waals surface area contributed by atoms with Gasteiger partial charge >= 0.3 is 0 Å². The Balaban J connectivity index is 0. The molecule has 0 N–H and O–H groups in total. The zero-order valence-corrected chi connectivity index (χ0v) is 17.5. The van der Waals surface area contributed by atoms with Crippen LogP contribution in [0.4, 0.5) is 0 Å². The number of aromatic nitrogens is 1. The van der Waals surface area contributed by atoms with Crippen LogP contribution in [0, 0.1) is 0 Å². The van der Waals surface area contributed by atoms with E-state index in [9.17, 15) is 0 Å². The molecule has 0 bridgehead atoms. The fourth-order valence-electron chi connectivity index (χ4n) is 2.12. The first-order chi connectivity index (χ1) is 11.7. The molecule has 1 heterocycles. The van der Waals surface area contributed by atoms with E-state index in [-0.39, 0.29) is 0 Å². The summed E-state index contributed by atoms with van der Waals surface area (Å²) in [6, 6.07) is 17.0. The minimum atomic E-state index is 1.25. The maximum atomic E-state index is 2.24. The molecule has 1 aromatic heterocycles. The van der Waals surface area contributed by atoms with Crippen LogP contribution >= 0.6 is 0 Å². The van der Waals surface area contributed by atoms with E-state index in [1.54, 1.807) is 0 Å². The zero-order chi connectivity index (χ0) is 19.0. The van der Waals surface area contributed by atoms with Crippen LogP contribution < -0.4 is 0 Å². The van der Waals surface area contributed by atoms with E-state index in [1.165, 1.54) is 34.6 Å². The molecule has 3 rings (SSSR count). The summed E-state index contributed by atoms with van der Waals surface area (Å²) in [5.41, 5.74) is 2.60. The number of aryl methyl sites for hydroxylation is 1. The molecule has 0 amide bonds. The molecule has 0 aliphatic rings. The molecular weight excluding hydrogens is 290 g/mol. The molecule has 2 aromatic carbocycles. The molecular formula is C23H39N. The number of para-hydroxylation sites is 2. The summed E-state index contributed by atoms with van der Waals surface area (Å²) in [7, 11) is 2.12. The van der Waals surface area contributed by atoms with E-state index >= 15 is 0 Å². The van der Waals surface area contributed by atoms with Crippen molar-refractivity contribution in [2.45, 2.75) is 68.2 Å². The lowest BCUT2D eigenvalue weighted by molar-refractivity contribution is 1.01. The average molecular weight is 330 g/mol. The monoisotopic (exact) mass is 329 g/mol. The lowest BCUT2D eigenvalue weighted by Crippen LogP contribution is -1.84. The van der Waals surface area contributed by atoms with E-state index in [4.69, 9.17) is 0 Å². The van der Waals surface area contributed by atoms with Crippen molar-refractivity contribution in [1.82, 2.24) is 4.57 Å². The Kier molecular flexibility index (Phi) is 16.4. The van der Waals surface area contributed by atoms with Crippen LogP contribution in [0.1, 0.15) is 68.2 Å². The summed E-state index contributed by atoms with van der Waals surface area (Å²) >= 11 is 0. The van der Waals surface area contributed by atoms with Gasteiger partial charge in [-0.25, -0.2) is 0 Å². The van der Waals surface area contributed by atoms with E-state index in [1.807, 2.05) is 27.7 Å². The molecule has 0 saturated carbocycles. The lowest BCUT2D eigenvalue weighted by atomic mass is 10.2. The van der Waals surface area contributed by atoms with E-state index in [2.05, 4.69) is 87.8 Å². The van der Waals surface area contributed by atoms with Gasteiger partial charge in [0, 0.05) is 28.9 Å². The molecule has 0 aliphatic carbocycles. The van der Waals surface area contributed by atoms with Crippen molar-refractivity contribution in [3.05, 3.63) is 48.5 Å². The average Bonchev–Trinajstić information content (AvgIpc) is 2.94. The number of nitrogens with zero attached hydrogens (tertiary/aromatic N) is 1. The molecule has 0 fully saturated rings. The summed E-state index contributed by atoms with van der Waals surface area (Å²) in [5, 5.41) is 2.68. The van der Waals surface area contributed by atoms with Gasteiger partial charge in [0.05, 0.1) is 0 Å². The van der Waals surface area contributed by atoms with Crippen molar-refractivity contribution >= 4 is 21.8 Å². The van der Waals surface area contributed by atoms with E-state index < -0.39 is 0 Å². The van der Waals surface area contributed by atoms with Crippen LogP contribution in [-0.2, 0) is 7.05 Å². The molecule has 24 heavy (non-hydrogen) atoms. The van der Waals surface area contributed by atoms with Crippen molar-refractivity contribution < 1.29 is 0 Å². The summed E-state index contributed by atoms with van der Waals surface area (Å²) in [6.07, 6.45) is 2.50. The van der Waals surface area contributed by atoms with Crippen LogP contribution in [-0.4, -0.2) is 4.57 Å². The zero-order valence-electron chi connectivity index (χ0n) is 17.5. The van der Waals surface area contributed by atoms with Gasteiger partial charge in [0.25, 0.3) is 0 Å². The Hall–Kier alpha value is -1.76. The van der Waals surface area contributed by atoms with Crippen LogP contribution in [0.3, 0.4) is 0 Å². The maximum absolute atomic E-state index is 2.24. The molecule has 0 atom stereocenters. The van der Waals surface area contributed by atoms with Crippen LogP contribution in [0.15, 0.2) is 48.5 Å². The predicted molar refractivity (Wildman–Crippen MR) is 115 cm³/mol.